The molecule has 0 atom stereocenters. The van der Waals surface area contributed by atoms with Gasteiger partial charge < -0.3 is 4.74 Å². The molecule has 1 rings (SSSR count). The van der Waals surface area contributed by atoms with Crippen LogP contribution in [0.1, 0.15) is 12.0 Å². The lowest BCUT2D eigenvalue weighted by Crippen LogP contribution is -1.97. The number of aryl methyl sites for hydroxylation is 1. The van der Waals surface area contributed by atoms with Gasteiger partial charge in [0.2, 0.25) is 0 Å². The fraction of sp³-hybridized carbons (Fsp3) is 0.400. The van der Waals surface area contributed by atoms with Crippen LogP contribution in [0.5, 0.6) is 5.75 Å². The summed E-state index contributed by atoms with van der Waals surface area (Å²) >= 11 is 6.81. The molecule has 0 N–H and O–H groups in total. The smallest absolute Gasteiger partial charge is 0.119 e. The van der Waals surface area contributed by atoms with Gasteiger partial charge in [-0.1, -0.05) is 31.9 Å². The summed E-state index contributed by atoms with van der Waals surface area (Å²) in [5.41, 5.74) is 1.20. The molecule has 0 bridgehead atoms. The predicted molar refractivity (Wildman–Crippen MR) is 62.8 cm³/mol. The molecule has 0 heterocycles. The Hall–Kier alpha value is -0.0200. The minimum absolute atomic E-state index is 0.770. The average molecular weight is 308 g/mol. The molecular weight excluding hydrogens is 296 g/mol. The zero-order chi connectivity index (χ0) is 9.68. The number of alkyl halides is 1. The van der Waals surface area contributed by atoms with Gasteiger partial charge >= 0.3 is 0 Å². The van der Waals surface area contributed by atoms with Crippen LogP contribution in [0, 0.1) is 6.92 Å². The first-order chi connectivity index (χ1) is 6.24. The Morgan fingerprint density at radius 3 is 2.77 bits per heavy atom. The Labute approximate surface area is 95.7 Å². The molecule has 0 radical (unpaired) electrons. The first kappa shape index (κ1) is 11.1. The second kappa shape index (κ2) is 5.66. The van der Waals surface area contributed by atoms with E-state index >= 15 is 0 Å². The van der Waals surface area contributed by atoms with E-state index in [1.807, 2.05) is 18.2 Å². The van der Waals surface area contributed by atoms with E-state index in [0.29, 0.717) is 0 Å². The number of hydrogen-bond donors (Lipinski definition) is 0. The zero-order valence-electron chi connectivity index (χ0n) is 7.52. The maximum absolute atomic E-state index is 5.53. The van der Waals surface area contributed by atoms with Gasteiger partial charge in [-0.05, 0) is 37.1 Å². The quantitative estimate of drug-likeness (QED) is 0.605. The highest BCUT2D eigenvalue weighted by atomic mass is 79.9. The van der Waals surface area contributed by atoms with Crippen LogP contribution in [-0.2, 0) is 0 Å². The highest BCUT2D eigenvalue weighted by Gasteiger charge is 1.97. The van der Waals surface area contributed by atoms with E-state index in [9.17, 15) is 0 Å². The fourth-order valence-corrected chi connectivity index (χ4v) is 1.43. The Morgan fingerprint density at radius 1 is 1.38 bits per heavy atom. The first-order valence-corrected chi connectivity index (χ1v) is 6.10. The molecule has 3 heteroatoms. The van der Waals surface area contributed by atoms with Gasteiger partial charge in [0.05, 0.1) is 6.61 Å². The molecule has 0 aliphatic rings. The van der Waals surface area contributed by atoms with Gasteiger partial charge in [0.1, 0.15) is 5.75 Å². The molecule has 0 aromatic heterocycles. The van der Waals surface area contributed by atoms with Gasteiger partial charge in [-0.2, -0.15) is 0 Å². The molecule has 0 fully saturated rings. The van der Waals surface area contributed by atoms with Crippen molar-refractivity contribution in [1.82, 2.24) is 0 Å². The lowest BCUT2D eigenvalue weighted by molar-refractivity contribution is 0.319. The Morgan fingerprint density at radius 2 is 2.15 bits per heavy atom. The van der Waals surface area contributed by atoms with E-state index in [-0.39, 0.29) is 0 Å². The van der Waals surface area contributed by atoms with Crippen molar-refractivity contribution >= 4 is 31.9 Å². The van der Waals surface area contributed by atoms with Crippen molar-refractivity contribution in [3.63, 3.8) is 0 Å². The summed E-state index contributed by atoms with van der Waals surface area (Å²) in [7, 11) is 0. The third-order valence-corrected chi connectivity index (χ3v) is 3.13. The first-order valence-electron chi connectivity index (χ1n) is 4.19. The van der Waals surface area contributed by atoms with Crippen LogP contribution in [0.2, 0.25) is 0 Å². The van der Waals surface area contributed by atoms with E-state index in [1.54, 1.807) is 0 Å². The van der Waals surface area contributed by atoms with Gasteiger partial charge in [0.25, 0.3) is 0 Å². The normalized spacial score (nSPS) is 10.1. The van der Waals surface area contributed by atoms with Crippen LogP contribution >= 0.6 is 31.9 Å². The molecule has 0 saturated heterocycles. The van der Waals surface area contributed by atoms with Gasteiger partial charge in [0.15, 0.2) is 0 Å². The van der Waals surface area contributed by atoms with Crippen molar-refractivity contribution < 1.29 is 4.74 Å². The van der Waals surface area contributed by atoms with Crippen molar-refractivity contribution in [3.8, 4) is 5.75 Å². The molecule has 0 aliphatic heterocycles. The molecule has 1 nitrogen and oxygen atoms in total. The summed E-state index contributed by atoms with van der Waals surface area (Å²) in [6.07, 6.45) is 1.04. The topological polar surface area (TPSA) is 9.23 Å². The number of rotatable bonds is 4. The van der Waals surface area contributed by atoms with E-state index < -0.39 is 0 Å². The molecule has 0 saturated carbocycles. The minimum atomic E-state index is 0.770. The standard InChI is InChI=1S/C10H12Br2O/c1-8-7-9(3-4-10(8)12)13-6-2-5-11/h3-4,7H,2,5-6H2,1H3. The van der Waals surface area contributed by atoms with Crippen LogP contribution in [0.25, 0.3) is 0 Å². The van der Waals surface area contributed by atoms with Crippen LogP contribution < -0.4 is 4.74 Å². The van der Waals surface area contributed by atoms with E-state index in [2.05, 4.69) is 38.8 Å². The van der Waals surface area contributed by atoms with Gasteiger partial charge in [0, 0.05) is 9.80 Å². The maximum Gasteiger partial charge on any atom is 0.119 e. The Balaban J connectivity index is 2.53. The highest BCUT2D eigenvalue weighted by Crippen LogP contribution is 2.21. The summed E-state index contributed by atoms with van der Waals surface area (Å²) in [5, 5.41) is 0.989. The zero-order valence-corrected chi connectivity index (χ0v) is 10.7. The molecular formula is C10H12Br2O. The summed E-state index contributed by atoms with van der Waals surface area (Å²) in [6, 6.07) is 6.03. The molecule has 0 spiro atoms. The summed E-state index contributed by atoms with van der Waals surface area (Å²) in [5.74, 6) is 0.946. The van der Waals surface area contributed by atoms with E-state index in [0.717, 1.165) is 28.6 Å². The predicted octanol–water partition coefficient (Wildman–Crippen LogP) is 3.92. The Bertz CT molecular complexity index is 274. The molecule has 72 valence electrons. The van der Waals surface area contributed by atoms with Crippen molar-refractivity contribution in [1.29, 1.82) is 0 Å². The summed E-state index contributed by atoms with van der Waals surface area (Å²) in [4.78, 5) is 0. The van der Waals surface area contributed by atoms with Crippen molar-refractivity contribution in [3.05, 3.63) is 28.2 Å². The third kappa shape index (κ3) is 3.69. The number of hydrogen-bond acceptors (Lipinski definition) is 1. The van der Waals surface area contributed by atoms with Crippen molar-refractivity contribution in [2.45, 2.75) is 13.3 Å². The van der Waals surface area contributed by atoms with E-state index in [4.69, 9.17) is 4.74 Å². The second-order valence-electron chi connectivity index (χ2n) is 2.80. The molecule has 0 aliphatic carbocycles. The molecule has 0 amide bonds. The third-order valence-electron chi connectivity index (χ3n) is 1.68. The van der Waals surface area contributed by atoms with Gasteiger partial charge in [-0.15, -0.1) is 0 Å². The van der Waals surface area contributed by atoms with Crippen molar-refractivity contribution in [2.75, 3.05) is 11.9 Å². The molecule has 0 unspecified atom stereocenters. The van der Waals surface area contributed by atoms with Crippen LogP contribution in [0.4, 0.5) is 0 Å². The number of halogens is 2. The van der Waals surface area contributed by atoms with Crippen molar-refractivity contribution in [2.24, 2.45) is 0 Å². The van der Waals surface area contributed by atoms with Gasteiger partial charge in [-0.25, -0.2) is 0 Å². The van der Waals surface area contributed by atoms with E-state index in [1.165, 1.54) is 5.56 Å². The molecule has 1 aromatic carbocycles. The summed E-state index contributed by atoms with van der Waals surface area (Å²) in [6.45, 7) is 2.83. The van der Waals surface area contributed by atoms with Gasteiger partial charge in [-0.3, -0.25) is 0 Å². The SMILES string of the molecule is Cc1cc(OCCCBr)ccc1Br. The maximum atomic E-state index is 5.53. The minimum Gasteiger partial charge on any atom is -0.494 e. The lowest BCUT2D eigenvalue weighted by atomic mass is 10.2. The Kier molecular flexibility index (Phi) is 4.81. The number of ether oxygens (including phenoxy) is 1. The average Bonchev–Trinajstić information content (AvgIpc) is 2.12. The highest BCUT2D eigenvalue weighted by molar-refractivity contribution is 9.10. The molecule has 1 aromatic rings. The largest absolute Gasteiger partial charge is 0.494 e. The lowest BCUT2D eigenvalue weighted by Gasteiger charge is -2.06. The molecule has 13 heavy (non-hydrogen) atoms. The van der Waals surface area contributed by atoms with Crippen LogP contribution in [0.3, 0.4) is 0 Å². The fourth-order valence-electron chi connectivity index (χ4n) is 0.952. The van der Waals surface area contributed by atoms with Crippen LogP contribution in [0.15, 0.2) is 22.7 Å². The van der Waals surface area contributed by atoms with Crippen LogP contribution in [-0.4, -0.2) is 11.9 Å². The monoisotopic (exact) mass is 306 g/mol. The summed E-state index contributed by atoms with van der Waals surface area (Å²) < 4.78 is 6.66. The number of benzene rings is 1. The second-order valence-corrected chi connectivity index (χ2v) is 4.45.